The largest absolute Gasteiger partial charge is 0.0882 e. The molecule has 0 saturated carbocycles. The van der Waals surface area contributed by atoms with Gasteiger partial charge in [0.1, 0.15) is 0 Å². The van der Waals surface area contributed by atoms with Crippen molar-refractivity contribution in [3.63, 3.8) is 0 Å². The molecule has 0 heteroatoms. The predicted octanol–water partition coefficient (Wildman–Crippen LogP) is 4.01. The van der Waals surface area contributed by atoms with Gasteiger partial charge < -0.3 is 0 Å². The van der Waals surface area contributed by atoms with E-state index in [0.717, 1.165) is 12.8 Å². The van der Waals surface area contributed by atoms with E-state index in [1.54, 1.807) is 0 Å². The zero-order valence-corrected chi connectivity index (χ0v) is 7.71. The molecule has 0 aromatic heterocycles. The van der Waals surface area contributed by atoms with E-state index < -0.39 is 0 Å². The lowest BCUT2D eigenvalue weighted by Gasteiger charge is -1.94. The molecule has 0 unspecified atom stereocenters. The molecular weight excluding hydrogens is 144 g/mol. The normalized spacial score (nSPS) is 20.0. The minimum absolute atomic E-state index is 1.10. The van der Waals surface area contributed by atoms with Crippen LogP contribution in [0.1, 0.15) is 38.5 Å². The van der Waals surface area contributed by atoms with E-state index in [4.69, 9.17) is 0 Å². The quantitative estimate of drug-likeness (QED) is 0.472. The van der Waals surface area contributed by atoms with Gasteiger partial charge in [-0.2, -0.15) is 0 Å². The van der Waals surface area contributed by atoms with Crippen molar-refractivity contribution in [1.82, 2.24) is 0 Å². The number of hydrogen-bond donors (Lipinski definition) is 0. The van der Waals surface area contributed by atoms with Crippen LogP contribution in [-0.2, 0) is 0 Å². The Hall–Kier alpha value is -0.780. The zero-order chi connectivity index (χ0) is 8.49. The summed E-state index contributed by atoms with van der Waals surface area (Å²) in [6.45, 7) is 0. The summed E-state index contributed by atoms with van der Waals surface area (Å²) in [7, 11) is 0. The fourth-order valence-corrected chi connectivity index (χ4v) is 1.30. The van der Waals surface area contributed by atoms with E-state index in [1.165, 1.54) is 25.7 Å². The Bertz CT molecular complexity index is 152. The van der Waals surface area contributed by atoms with Gasteiger partial charge in [-0.15, -0.1) is 0 Å². The standard InChI is InChI=1S/C12H18/c1-2-4-6-8-10-12-11-9-7-5-3-1/h1-2,5-8H,3-4,9-12H2. The van der Waals surface area contributed by atoms with E-state index in [0.29, 0.717) is 0 Å². The summed E-state index contributed by atoms with van der Waals surface area (Å²) in [4.78, 5) is 0. The summed E-state index contributed by atoms with van der Waals surface area (Å²) in [5.41, 5.74) is 0. The SMILES string of the molecule is C1=CCC=CCCCCC=CC1. The zero-order valence-electron chi connectivity index (χ0n) is 7.71. The van der Waals surface area contributed by atoms with Gasteiger partial charge in [0.05, 0.1) is 0 Å². The van der Waals surface area contributed by atoms with E-state index in [9.17, 15) is 0 Å². The molecule has 0 nitrogen and oxygen atoms in total. The van der Waals surface area contributed by atoms with Crippen LogP contribution in [0.2, 0.25) is 0 Å². The topological polar surface area (TPSA) is 0 Å². The molecule has 66 valence electrons. The molecule has 0 aliphatic heterocycles. The summed E-state index contributed by atoms with van der Waals surface area (Å²) >= 11 is 0. The molecule has 0 fully saturated rings. The van der Waals surface area contributed by atoms with Crippen LogP contribution in [0.25, 0.3) is 0 Å². The van der Waals surface area contributed by atoms with Gasteiger partial charge in [0.15, 0.2) is 0 Å². The highest BCUT2D eigenvalue weighted by Gasteiger charge is 1.84. The Labute approximate surface area is 75.7 Å². The average Bonchev–Trinajstić information content (AvgIpc) is 2.05. The van der Waals surface area contributed by atoms with Crippen molar-refractivity contribution >= 4 is 0 Å². The second kappa shape index (κ2) is 6.90. The Morgan fingerprint density at radius 3 is 1.42 bits per heavy atom. The first-order valence-corrected chi connectivity index (χ1v) is 4.95. The fourth-order valence-electron chi connectivity index (χ4n) is 1.30. The highest BCUT2D eigenvalue weighted by molar-refractivity contribution is 4.97. The van der Waals surface area contributed by atoms with Crippen molar-refractivity contribution in [3.05, 3.63) is 36.5 Å². The maximum absolute atomic E-state index is 2.30. The molecule has 0 N–H and O–H groups in total. The van der Waals surface area contributed by atoms with E-state index in [1.807, 2.05) is 0 Å². The van der Waals surface area contributed by atoms with Gasteiger partial charge in [0, 0.05) is 0 Å². The van der Waals surface area contributed by atoms with Crippen LogP contribution >= 0.6 is 0 Å². The molecule has 0 aromatic rings. The van der Waals surface area contributed by atoms with Crippen LogP contribution in [-0.4, -0.2) is 0 Å². The van der Waals surface area contributed by atoms with Crippen LogP contribution in [0.5, 0.6) is 0 Å². The van der Waals surface area contributed by atoms with Crippen molar-refractivity contribution < 1.29 is 0 Å². The molecule has 0 aromatic carbocycles. The van der Waals surface area contributed by atoms with Crippen LogP contribution in [0.4, 0.5) is 0 Å². The van der Waals surface area contributed by atoms with Crippen molar-refractivity contribution in [1.29, 1.82) is 0 Å². The molecule has 0 atom stereocenters. The predicted molar refractivity (Wildman–Crippen MR) is 55.1 cm³/mol. The van der Waals surface area contributed by atoms with E-state index in [-0.39, 0.29) is 0 Å². The van der Waals surface area contributed by atoms with Gasteiger partial charge in [-0.25, -0.2) is 0 Å². The van der Waals surface area contributed by atoms with Crippen LogP contribution in [0.15, 0.2) is 36.5 Å². The third-order valence-corrected chi connectivity index (χ3v) is 2.04. The van der Waals surface area contributed by atoms with Crippen molar-refractivity contribution in [3.8, 4) is 0 Å². The Morgan fingerprint density at radius 1 is 0.500 bits per heavy atom. The van der Waals surface area contributed by atoms with Crippen LogP contribution < -0.4 is 0 Å². The van der Waals surface area contributed by atoms with Gasteiger partial charge in [-0.05, 0) is 38.5 Å². The summed E-state index contributed by atoms with van der Waals surface area (Å²) < 4.78 is 0. The second-order valence-electron chi connectivity index (χ2n) is 3.17. The first-order valence-electron chi connectivity index (χ1n) is 4.95. The van der Waals surface area contributed by atoms with E-state index in [2.05, 4.69) is 36.5 Å². The Morgan fingerprint density at radius 2 is 0.917 bits per heavy atom. The van der Waals surface area contributed by atoms with E-state index >= 15 is 0 Å². The monoisotopic (exact) mass is 162 g/mol. The third kappa shape index (κ3) is 4.95. The molecule has 0 spiro atoms. The third-order valence-electron chi connectivity index (χ3n) is 2.04. The second-order valence-corrected chi connectivity index (χ2v) is 3.17. The number of hydrogen-bond acceptors (Lipinski definition) is 0. The molecule has 1 aliphatic carbocycles. The molecule has 12 heavy (non-hydrogen) atoms. The smallest absolute Gasteiger partial charge is 0.0169 e. The van der Waals surface area contributed by atoms with Gasteiger partial charge in [-0.3, -0.25) is 0 Å². The minimum atomic E-state index is 1.10. The van der Waals surface area contributed by atoms with Crippen LogP contribution in [0, 0.1) is 0 Å². The van der Waals surface area contributed by atoms with Gasteiger partial charge in [0.25, 0.3) is 0 Å². The van der Waals surface area contributed by atoms with Crippen LogP contribution in [0.3, 0.4) is 0 Å². The van der Waals surface area contributed by atoms with Crippen molar-refractivity contribution in [2.75, 3.05) is 0 Å². The maximum Gasteiger partial charge on any atom is -0.0169 e. The summed E-state index contributed by atoms with van der Waals surface area (Å²) in [5, 5.41) is 0. The number of allylic oxidation sites excluding steroid dienone is 6. The summed E-state index contributed by atoms with van der Waals surface area (Å²) in [6.07, 6.45) is 21.0. The summed E-state index contributed by atoms with van der Waals surface area (Å²) in [5.74, 6) is 0. The average molecular weight is 162 g/mol. The lowest BCUT2D eigenvalue weighted by molar-refractivity contribution is 0.760. The Balaban J connectivity index is 2.31. The first-order chi connectivity index (χ1) is 6.00. The lowest BCUT2D eigenvalue weighted by atomic mass is 10.1. The molecule has 0 saturated heterocycles. The first kappa shape index (κ1) is 9.31. The lowest BCUT2D eigenvalue weighted by Crippen LogP contribution is -1.73. The highest BCUT2D eigenvalue weighted by Crippen LogP contribution is 2.04. The Kier molecular flexibility index (Phi) is 5.35. The molecule has 0 amide bonds. The van der Waals surface area contributed by atoms with Gasteiger partial charge in [0.2, 0.25) is 0 Å². The molecule has 0 bridgehead atoms. The fraction of sp³-hybridized carbons (Fsp3) is 0.500. The molecule has 1 aliphatic rings. The molecular formula is C12H18. The molecule has 0 radical (unpaired) electrons. The molecule has 0 heterocycles. The minimum Gasteiger partial charge on any atom is -0.0882 e. The highest BCUT2D eigenvalue weighted by atomic mass is 13.9. The number of rotatable bonds is 0. The van der Waals surface area contributed by atoms with Crippen molar-refractivity contribution in [2.24, 2.45) is 0 Å². The van der Waals surface area contributed by atoms with Crippen molar-refractivity contribution in [2.45, 2.75) is 38.5 Å². The van der Waals surface area contributed by atoms with Gasteiger partial charge >= 0.3 is 0 Å². The molecule has 1 rings (SSSR count). The van der Waals surface area contributed by atoms with Gasteiger partial charge in [-0.1, -0.05) is 36.5 Å². The maximum atomic E-state index is 2.30. The summed E-state index contributed by atoms with van der Waals surface area (Å²) in [6, 6.07) is 0.